The molecule has 0 bridgehead atoms. The smallest absolute Gasteiger partial charge is 0.293 e. The van der Waals surface area contributed by atoms with Gasteiger partial charge in [-0.25, -0.2) is 0 Å². The third-order valence-electron chi connectivity index (χ3n) is 4.31. The number of carbonyl (C=O) groups excluding carboxylic acids is 2. The minimum atomic E-state index is -0.758. The first-order valence-electron chi connectivity index (χ1n) is 8.44. The van der Waals surface area contributed by atoms with E-state index < -0.39 is 10.8 Å². The molecule has 3 aromatic rings. The highest BCUT2D eigenvalue weighted by Gasteiger charge is 2.21. The van der Waals surface area contributed by atoms with Gasteiger partial charge < -0.3 is 16.0 Å². The first-order valence-corrected chi connectivity index (χ1v) is 8.44. The van der Waals surface area contributed by atoms with Gasteiger partial charge >= 0.3 is 0 Å². The minimum absolute atomic E-state index is 0.0315. The van der Waals surface area contributed by atoms with Crippen molar-refractivity contribution >= 4 is 39.6 Å². The molecule has 0 saturated carbocycles. The Hall–Kier alpha value is -3.94. The summed E-state index contributed by atoms with van der Waals surface area (Å²) < 4.78 is 0. The lowest BCUT2D eigenvalue weighted by Crippen LogP contribution is -2.30. The lowest BCUT2D eigenvalue weighted by molar-refractivity contribution is -0.384. The first-order chi connectivity index (χ1) is 13.4. The Kier molecular flexibility index (Phi) is 5.21. The van der Waals surface area contributed by atoms with E-state index in [1.807, 2.05) is 36.4 Å². The molecule has 0 aromatic heterocycles. The second-order valence-electron chi connectivity index (χ2n) is 6.26. The molecule has 3 rings (SSSR count). The number of hydrogen-bond acceptors (Lipinski definition) is 5. The molecule has 3 aromatic carbocycles. The van der Waals surface area contributed by atoms with Crippen molar-refractivity contribution in [3.05, 3.63) is 76.3 Å². The third-order valence-corrected chi connectivity index (χ3v) is 4.31. The number of nitro groups is 1. The zero-order valence-corrected chi connectivity index (χ0v) is 15.1. The van der Waals surface area contributed by atoms with Crippen LogP contribution in [0.15, 0.2) is 60.7 Å². The maximum Gasteiger partial charge on any atom is 0.293 e. The standard InChI is InChI=1S/C20H18N4O4/c1-23(17-10-9-14(20(21)26)11-18(17)24(27)28)12-19(25)22-16-8-4-6-13-5-2-3-7-15(13)16/h2-11H,12H2,1H3,(H2,21,26)(H,22,25). The summed E-state index contributed by atoms with van der Waals surface area (Å²) in [5, 5.41) is 16.1. The van der Waals surface area contributed by atoms with E-state index in [1.165, 1.54) is 17.0 Å². The van der Waals surface area contributed by atoms with Crippen LogP contribution in [0.3, 0.4) is 0 Å². The number of nitrogens with one attached hydrogen (secondary N) is 1. The predicted octanol–water partition coefficient (Wildman–Crippen LogP) is 2.92. The van der Waals surface area contributed by atoms with Crippen LogP contribution in [-0.2, 0) is 4.79 Å². The van der Waals surface area contributed by atoms with Crippen LogP contribution >= 0.6 is 0 Å². The molecule has 8 nitrogen and oxygen atoms in total. The Morgan fingerprint density at radius 2 is 1.82 bits per heavy atom. The third kappa shape index (κ3) is 3.90. The topological polar surface area (TPSA) is 119 Å². The zero-order valence-electron chi connectivity index (χ0n) is 15.1. The van der Waals surface area contributed by atoms with Crippen LogP contribution in [0.4, 0.5) is 17.1 Å². The molecule has 0 heterocycles. The molecule has 142 valence electrons. The van der Waals surface area contributed by atoms with Crippen LogP contribution in [0.2, 0.25) is 0 Å². The molecule has 2 amide bonds. The monoisotopic (exact) mass is 378 g/mol. The molecular weight excluding hydrogens is 360 g/mol. The summed E-state index contributed by atoms with van der Waals surface area (Å²) in [6.45, 7) is -0.111. The maximum atomic E-state index is 12.5. The second-order valence-corrected chi connectivity index (χ2v) is 6.26. The number of fused-ring (bicyclic) bond motifs is 1. The van der Waals surface area contributed by atoms with E-state index in [9.17, 15) is 19.7 Å². The number of carbonyl (C=O) groups is 2. The molecule has 0 radical (unpaired) electrons. The van der Waals surface area contributed by atoms with Gasteiger partial charge in [0, 0.05) is 29.8 Å². The first kappa shape index (κ1) is 18.8. The molecule has 3 N–H and O–H groups in total. The molecule has 28 heavy (non-hydrogen) atoms. The van der Waals surface area contributed by atoms with Crippen LogP contribution in [0, 0.1) is 10.1 Å². The van der Waals surface area contributed by atoms with E-state index in [0.29, 0.717) is 5.69 Å². The molecular formula is C20H18N4O4. The van der Waals surface area contributed by atoms with Crippen LogP contribution in [-0.4, -0.2) is 30.3 Å². The van der Waals surface area contributed by atoms with E-state index in [0.717, 1.165) is 16.8 Å². The molecule has 8 heteroatoms. The van der Waals surface area contributed by atoms with Gasteiger partial charge in [0.2, 0.25) is 11.8 Å². The molecule has 0 aliphatic rings. The van der Waals surface area contributed by atoms with Gasteiger partial charge in [0.1, 0.15) is 5.69 Å². The van der Waals surface area contributed by atoms with Gasteiger partial charge in [-0.1, -0.05) is 36.4 Å². The van der Waals surface area contributed by atoms with Gasteiger partial charge in [-0.2, -0.15) is 0 Å². The summed E-state index contributed by atoms with van der Waals surface area (Å²) in [5.41, 5.74) is 5.79. The van der Waals surface area contributed by atoms with E-state index in [2.05, 4.69) is 5.32 Å². The highest BCUT2D eigenvalue weighted by atomic mass is 16.6. The highest BCUT2D eigenvalue weighted by molar-refractivity contribution is 6.03. The fourth-order valence-electron chi connectivity index (χ4n) is 2.97. The number of benzene rings is 3. The minimum Gasteiger partial charge on any atom is -0.366 e. The van der Waals surface area contributed by atoms with Crippen molar-refractivity contribution in [1.29, 1.82) is 0 Å². The van der Waals surface area contributed by atoms with Crippen LogP contribution < -0.4 is 16.0 Å². The molecule has 0 fully saturated rings. The van der Waals surface area contributed by atoms with Crippen molar-refractivity contribution in [2.24, 2.45) is 5.73 Å². The van der Waals surface area contributed by atoms with Gasteiger partial charge in [-0.15, -0.1) is 0 Å². The van der Waals surface area contributed by atoms with Gasteiger partial charge in [-0.05, 0) is 23.6 Å². The summed E-state index contributed by atoms with van der Waals surface area (Å²) in [7, 11) is 1.56. The lowest BCUT2D eigenvalue weighted by Gasteiger charge is -2.19. The van der Waals surface area contributed by atoms with E-state index in [-0.39, 0.29) is 29.4 Å². The summed E-state index contributed by atoms with van der Waals surface area (Å²) >= 11 is 0. The Labute approximate surface area is 160 Å². The molecule has 0 saturated heterocycles. The number of nitrogens with two attached hydrogens (primary N) is 1. The number of nitrogens with zero attached hydrogens (tertiary/aromatic N) is 2. The van der Waals surface area contributed by atoms with E-state index >= 15 is 0 Å². The predicted molar refractivity (Wildman–Crippen MR) is 107 cm³/mol. The number of hydrogen-bond donors (Lipinski definition) is 2. The van der Waals surface area contributed by atoms with Crippen molar-refractivity contribution in [3.63, 3.8) is 0 Å². The van der Waals surface area contributed by atoms with Crippen LogP contribution in [0.5, 0.6) is 0 Å². The molecule has 0 aliphatic carbocycles. The van der Waals surface area contributed by atoms with Crippen molar-refractivity contribution < 1.29 is 14.5 Å². The lowest BCUT2D eigenvalue weighted by atomic mass is 10.1. The number of rotatable bonds is 6. The molecule has 0 spiro atoms. The largest absolute Gasteiger partial charge is 0.366 e. The number of anilines is 2. The average Bonchev–Trinajstić information content (AvgIpc) is 2.67. The van der Waals surface area contributed by atoms with Gasteiger partial charge in [0.05, 0.1) is 11.5 Å². The molecule has 0 unspecified atom stereocenters. The Bertz CT molecular complexity index is 1080. The number of primary amides is 1. The average molecular weight is 378 g/mol. The summed E-state index contributed by atoms with van der Waals surface area (Å²) in [4.78, 5) is 36.0. The number of amides is 2. The Morgan fingerprint density at radius 3 is 2.54 bits per heavy atom. The van der Waals surface area contributed by atoms with Crippen LogP contribution in [0.25, 0.3) is 10.8 Å². The van der Waals surface area contributed by atoms with Crippen LogP contribution in [0.1, 0.15) is 10.4 Å². The van der Waals surface area contributed by atoms with Crippen molar-refractivity contribution in [2.75, 3.05) is 23.8 Å². The molecule has 0 aliphatic heterocycles. The number of likely N-dealkylation sites (N-methyl/N-ethyl adjacent to an activating group) is 1. The summed E-state index contributed by atoms with van der Waals surface area (Å²) in [6, 6.07) is 17.1. The number of nitro benzene ring substituents is 1. The molecule has 0 atom stereocenters. The van der Waals surface area contributed by atoms with E-state index in [1.54, 1.807) is 13.1 Å². The van der Waals surface area contributed by atoms with Crippen molar-refractivity contribution in [2.45, 2.75) is 0 Å². The van der Waals surface area contributed by atoms with Gasteiger partial charge in [-0.3, -0.25) is 19.7 Å². The normalized spacial score (nSPS) is 10.5. The fraction of sp³-hybridized carbons (Fsp3) is 0.100. The highest BCUT2D eigenvalue weighted by Crippen LogP contribution is 2.29. The quantitative estimate of drug-likeness (QED) is 0.505. The summed E-state index contributed by atoms with van der Waals surface area (Å²) in [6.07, 6.45) is 0. The SMILES string of the molecule is CN(CC(=O)Nc1cccc2ccccc12)c1ccc(C(N)=O)cc1[N+](=O)[O-]. The maximum absolute atomic E-state index is 12.5. The summed E-state index contributed by atoms with van der Waals surface area (Å²) in [5.74, 6) is -1.09. The zero-order chi connectivity index (χ0) is 20.3. The Balaban J connectivity index is 1.81. The van der Waals surface area contributed by atoms with Gasteiger partial charge in [0.15, 0.2) is 0 Å². The van der Waals surface area contributed by atoms with Crippen molar-refractivity contribution in [1.82, 2.24) is 0 Å². The van der Waals surface area contributed by atoms with Crippen molar-refractivity contribution in [3.8, 4) is 0 Å². The second kappa shape index (κ2) is 7.75. The fourth-order valence-corrected chi connectivity index (χ4v) is 2.97. The van der Waals surface area contributed by atoms with Gasteiger partial charge in [0.25, 0.3) is 5.69 Å². The Morgan fingerprint density at radius 1 is 1.11 bits per heavy atom. The van der Waals surface area contributed by atoms with E-state index in [4.69, 9.17) is 5.73 Å².